The summed E-state index contributed by atoms with van der Waals surface area (Å²) in [5.74, 6) is 1.52. The molecule has 4 nitrogen and oxygen atoms in total. The molecule has 12 aromatic carbocycles. The van der Waals surface area contributed by atoms with E-state index in [1.54, 1.807) is 0 Å². The highest BCUT2D eigenvalue weighted by Gasteiger charge is 2.47. The van der Waals surface area contributed by atoms with Crippen molar-refractivity contribution in [3.63, 3.8) is 0 Å². The minimum Gasteiger partial charge on any atom is -0.491 e. The Morgan fingerprint density at radius 1 is 0.304 bits per heavy atom. The molecule has 0 atom stereocenters. The van der Waals surface area contributed by atoms with E-state index in [4.69, 9.17) is 9.47 Å². The molecule has 0 unspecified atom stereocenters. The molecular weight excluding hydrogens is 845 g/mol. The zero-order chi connectivity index (χ0) is 46.1. The van der Waals surface area contributed by atoms with Crippen LogP contribution in [0.1, 0.15) is 22.3 Å². The average Bonchev–Trinajstić information content (AvgIpc) is 3.70. The largest absolute Gasteiger partial charge is 0.491 e. The maximum Gasteiger partial charge on any atom is 0.127 e. The molecule has 4 heteroatoms. The minimum absolute atomic E-state index is 0.0633. The van der Waals surface area contributed by atoms with Gasteiger partial charge in [0.05, 0.1) is 18.6 Å². The smallest absolute Gasteiger partial charge is 0.127 e. The lowest BCUT2D eigenvalue weighted by molar-refractivity contribution is 0.203. The second kappa shape index (κ2) is 16.5. The van der Waals surface area contributed by atoms with Gasteiger partial charge in [-0.15, -0.1) is 0 Å². The zero-order valence-electron chi connectivity index (χ0n) is 37.8. The summed E-state index contributed by atoms with van der Waals surface area (Å²) in [6, 6.07) is 80.0. The average molecular weight is 891 g/mol. The van der Waals surface area contributed by atoms with E-state index < -0.39 is 5.41 Å². The van der Waals surface area contributed by atoms with Gasteiger partial charge in [-0.1, -0.05) is 182 Å². The normalized spacial score (nSPS) is 12.8. The summed E-state index contributed by atoms with van der Waals surface area (Å²) in [4.78, 5) is 0. The van der Waals surface area contributed by atoms with Crippen molar-refractivity contribution in [2.75, 3.05) is 26.4 Å². The Morgan fingerprint density at radius 3 is 1.16 bits per heavy atom. The van der Waals surface area contributed by atoms with Crippen molar-refractivity contribution in [3.05, 3.63) is 241 Å². The van der Waals surface area contributed by atoms with Gasteiger partial charge in [0.1, 0.15) is 24.7 Å². The fourth-order valence-corrected chi connectivity index (χ4v) is 11.6. The van der Waals surface area contributed by atoms with Crippen LogP contribution in [-0.4, -0.2) is 36.6 Å². The second-order valence-corrected chi connectivity index (χ2v) is 18.2. The van der Waals surface area contributed by atoms with Gasteiger partial charge in [0.15, 0.2) is 0 Å². The van der Waals surface area contributed by atoms with Crippen molar-refractivity contribution < 1.29 is 19.7 Å². The molecule has 0 spiro atoms. The predicted molar refractivity (Wildman–Crippen MR) is 285 cm³/mol. The standard InChI is InChI=1S/C65H46O4/c66-31-33-68-63-37-45-23-27-47(39-59(45)53-17-5-7-19-57(53)63)65(48-28-24-46-38-64(69-34-32-67)58-20-8-6-18-54(58)60(46)40-48)61-35-43(51-21-9-13-41-11-1-3-15-49(41)51)25-29-55(61)56-30-26-44(36-62(56)65)52-22-10-14-42-12-2-4-16-50(42)52/h1-30,35-40,66-67H,31-34H2. The Bertz CT molecular complexity index is 3750. The number of hydrogen-bond acceptors (Lipinski definition) is 4. The number of rotatable bonds is 10. The van der Waals surface area contributed by atoms with Crippen molar-refractivity contribution in [3.8, 4) is 44.9 Å². The van der Waals surface area contributed by atoms with Gasteiger partial charge >= 0.3 is 0 Å². The molecule has 0 radical (unpaired) electrons. The Labute approximate surface area is 399 Å². The minimum atomic E-state index is -0.811. The third-order valence-electron chi connectivity index (χ3n) is 14.5. The molecular formula is C65H46O4. The number of ether oxygens (including phenoxy) is 2. The first-order valence-corrected chi connectivity index (χ1v) is 23.8. The number of benzene rings is 12. The summed E-state index contributed by atoms with van der Waals surface area (Å²) in [5.41, 5.74) is 11.0. The molecule has 69 heavy (non-hydrogen) atoms. The molecule has 1 aliphatic rings. The molecule has 12 aromatic rings. The number of hydrogen-bond donors (Lipinski definition) is 2. The van der Waals surface area contributed by atoms with E-state index in [2.05, 4.69) is 218 Å². The summed E-state index contributed by atoms with van der Waals surface area (Å²) < 4.78 is 12.4. The first-order valence-electron chi connectivity index (χ1n) is 23.8. The van der Waals surface area contributed by atoms with Crippen LogP contribution in [0.2, 0.25) is 0 Å². The number of fused-ring (bicyclic) bond motifs is 11. The van der Waals surface area contributed by atoms with Crippen molar-refractivity contribution in [2.24, 2.45) is 0 Å². The monoisotopic (exact) mass is 890 g/mol. The van der Waals surface area contributed by atoms with Crippen LogP contribution in [0.15, 0.2) is 218 Å². The summed E-state index contributed by atoms with van der Waals surface area (Å²) in [5, 5.41) is 33.0. The maximum absolute atomic E-state index is 9.79. The Hall–Kier alpha value is -8.28. The zero-order valence-corrected chi connectivity index (χ0v) is 37.8. The molecule has 0 saturated carbocycles. The molecule has 0 aliphatic heterocycles. The predicted octanol–water partition coefficient (Wildman–Crippen LogP) is 15.0. The lowest BCUT2D eigenvalue weighted by Crippen LogP contribution is -2.28. The van der Waals surface area contributed by atoms with Crippen molar-refractivity contribution in [2.45, 2.75) is 5.41 Å². The second-order valence-electron chi connectivity index (χ2n) is 18.2. The van der Waals surface area contributed by atoms with Crippen LogP contribution in [0, 0.1) is 0 Å². The summed E-state index contributed by atoms with van der Waals surface area (Å²) in [6.07, 6.45) is 0. The topological polar surface area (TPSA) is 58.9 Å². The Balaban J connectivity index is 1.17. The molecule has 330 valence electrons. The van der Waals surface area contributed by atoms with E-state index in [1.165, 1.54) is 54.9 Å². The first kappa shape index (κ1) is 41.0. The van der Waals surface area contributed by atoms with Crippen molar-refractivity contribution in [1.82, 2.24) is 0 Å². The van der Waals surface area contributed by atoms with Crippen LogP contribution in [0.3, 0.4) is 0 Å². The highest BCUT2D eigenvalue weighted by Crippen LogP contribution is 2.59. The SMILES string of the molecule is OCCOc1cc2ccc(C3(c4ccc5cc(OCCO)c6ccccc6c5c4)c4cc(-c5cccc6ccccc56)ccc4-c4ccc(-c5cccc6ccccc56)cc43)cc2c2ccccc12. The van der Waals surface area contributed by atoms with Crippen LogP contribution < -0.4 is 9.47 Å². The first-order chi connectivity index (χ1) is 34.1. The third kappa shape index (κ3) is 6.44. The molecule has 0 amide bonds. The molecule has 0 saturated heterocycles. The fourth-order valence-electron chi connectivity index (χ4n) is 11.6. The maximum atomic E-state index is 9.79. The summed E-state index contributed by atoms with van der Waals surface area (Å²) in [7, 11) is 0. The third-order valence-corrected chi connectivity index (χ3v) is 14.5. The van der Waals surface area contributed by atoms with Gasteiger partial charge in [-0.2, -0.15) is 0 Å². The molecule has 0 fully saturated rings. The van der Waals surface area contributed by atoms with E-state index in [0.29, 0.717) is 0 Å². The Kier molecular flexibility index (Phi) is 9.79. The lowest BCUT2D eigenvalue weighted by atomic mass is 9.66. The molecule has 1 aliphatic carbocycles. The van der Waals surface area contributed by atoms with Crippen LogP contribution in [0.4, 0.5) is 0 Å². The van der Waals surface area contributed by atoms with Crippen LogP contribution in [-0.2, 0) is 5.41 Å². The van der Waals surface area contributed by atoms with E-state index >= 15 is 0 Å². The number of aliphatic hydroxyl groups excluding tert-OH is 2. The van der Waals surface area contributed by atoms with Gasteiger partial charge in [0, 0.05) is 10.8 Å². The van der Waals surface area contributed by atoms with Crippen LogP contribution in [0.25, 0.3) is 98.0 Å². The van der Waals surface area contributed by atoms with Gasteiger partial charge in [-0.05, 0) is 146 Å². The van der Waals surface area contributed by atoms with E-state index in [0.717, 1.165) is 76.8 Å². The van der Waals surface area contributed by atoms with Gasteiger partial charge in [-0.3, -0.25) is 0 Å². The van der Waals surface area contributed by atoms with Crippen LogP contribution >= 0.6 is 0 Å². The highest BCUT2D eigenvalue weighted by atomic mass is 16.5. The van der Waals surface area contributed by atoms with Crippen LogP contribution in [0.5, 0.6) is 11.5 Å². The van der Waals surface area contributed by atoms with Crippen molar-refractivity contribution in [1.29, 1.82) is 0 Å². The Morgan fingerprint density at radius 2 is 0.710 bits per heavy atom. The van der Waals surface area contributed by atoms with Crippen molar-refractivity contribution >= 4 is 64.6 Å². The lowest BCUT2D eigenvalue weighted by Gasteiger charge is -2.35. The number of aliphatic hydroxyl groups is 2. The quantitative estimate of drug-likeness (QED) is 0.134. The van der Waals surface area contributed by atoms with Gasteiger partial charge < -0.3 is 19.7 Å². The summed E-state index contributed by atoms with van der Waals surface area (Å²) >= 11 is 0. The molecule has 2 N–H and O–H groups in total. The fraction of sp³-hybridized carbons (Fsp3) is 0.0769. The molecule has 0 bridgehead atoms. The summed E-state index contributed by atoms with van der Waals surface area (Å²) in [6.45, 7) is 0.306. The van der Waals surface area contributed by atoms with E-state index in [1.807, 2.05) is 0 Å². The van der Waals surface area contributed by atoms with E-state index in [9.17, 15) is 10.2 Å². The molecule has 13 rings (SSSR count). The molecule has 0 aromatic heterocycles. The van der Waals surface area contributed by atoms with Gasteiger partial charge in [-0.25, -0.2) is 0 Å². The highest BCUT2D eigenvalue weighted by molar-refractivity contribution is 6.13. The van der Waals surface area contributed by atoms with Gasteiger partial charge in [0.2, 0.25) is 0 Å². The molecule has 0 heterocycles. The van der Waals surface area contributed by atoms with E-state index in [-0.39, 0.29) is 26.4 Å². The van der Waals surface area contributed by atoms with Gasteiger partial charge in [0.25, 0.3) is 0 Å².